The molecule has 0 radical (unpaired) electrons. The van der Waals surface area contributed by atoms with Crippen LogP contribution < -0.4 is 20.1 Å². The van der Waals surface area contributed by atoms with E-state index >= 15 is 0 Å². The molecule has 1 aliphatic rings. The molecule has 0 spiro atoms. The van der Waals surface area contributed by atoms with E-state index < -0.39 is 0 Å². The zero-order chi connectivity index (χ0) is 16.1. The van der Waals surface area contributed by atoms with Crippen LogP contribution in [0.5, 0.6) is 11.5 Å². The van der Waals surface area contributed by atoms with E-state index in [4.69, 9.17) is 9.47 Å². The fraction of sp³-hybridized carbons (Fsp3) is 0.278. The van der Waals surface area contributed by atoms with Gasteiger partial charge in [-0.15, -0.1) is 0 Å². The van der Waals surface area contributed by atoms with Crippen molar-refractivity contribution in [1.29, 1.82) is 0 Å². The SMILES string of the molecule is Cc1ccccc1CNCCC(=O)Nc1ccc2c(c1)OCO2. The van der Waals surface area contributed by atoms with Crippen molar-refractivity contribution in [1.82, 2.24) is 5.32 Å². The van der Waals surface area contributed by atoms with Crippen LogP contribution in [0, 0.1) is 6.92 Å². The van der Waals surface area contributed by atoms with Gasteiger partial charge in [-0.3, -0.25) is 4.79 Å². The maximum atomic E-state index is 12.0. The Hall–Kier alpha value is -2.53. The van der Waals surface area contributed by atoms with Gasteiger partial charge in [-0.2, -0.15) is 0 Å². The molecule has 120 valence electrons. The average molecular weight is 312 g/mol. The molecular weight excluding hydrogens is 292 g/mol. The molecule has 2 aromatic rings. The summed E-state index contributed by atoms with van der Waals surface area (Å²) in [5, 5.41) is 6.16. The molecule has 2 aromatic carbocycles. The minimum absolute atomic E-state index is 0.0267. The van der Waals surface area contributed by atoms with Gasteiger partial charge in [-0.1, -0.05) is 24.3 Å². The summed E-state index contributed by atoms with van der Waals surface area (Å²) in [7, 11) is 0. The molecule has 0 saturated carbocycles. The molecule has 5 nitrogen and oxygen atoms in total. The smallest absolute Gasteiger partial charge is 0.231 e. The number of hydrogen-bond acceptors (Lipinski definition) is 4. The van der Waals surface area contributed by atoms with Crippen LogP contribution in [0.1, 0.15) is 17.5 Å². The van der Waals surface area contributed by atoms with E-state index in [1.165, 1.54) is 11.1 Å². The van der Waals surface area contributed by atoms with Crippen molar-refractivity contribution in [3.05, 3.63) is 53.6 Å². The third-order valence-corrected chi connectivity index (χ3v) is 3.76. The van der Waals surface area contributed by atoms with Gasteiger partial charge in [0, 0.05) is 31.3 Å². The lowest BCUT2D eigenvalue weighted by Gasteiger charge is -2.08. The Morgan fingerprint density at radius 3 is 2.83 bits per heavy atom. The molecule has 2 N–H and O–H groups in total. The van der Waals surface area contributed by atoms with Gasteiger partial charge in [-0.05, 0) is 30.2 Å². The summed E-state index contributed by atoms with van der Waals surface area (Å²) in [6, 6.07) is 13.6. The summed E-state index contributed by atoms with van der Waals surface area (Å²) in [6.07, 6.45) is 0.417. The number of hydrogen-bond donors (Lipinski definition) is 2. The van der Waals surface area contributed by atoms with E-state index in [0.717, 1.165) is 12.2 Å². The summed E-state index contributed by atoms with van der Waals surface area (Å²) >= 11 is 0. The Bertz CT molecular complexity index is 700. The molecule has 3 rings (SSSR count). The van der Waals surface area contributed by atoms with Gasteiger partial charge >= 0.3 is 0 Å². The predicted molar refractivity (Wildman–Crippen MR) is 88.7 cm³/mol. The summed E-state index contributed by atoms with van der Waals surface area (Å²) in [5.74, 6) is 1.35. The van der Waals surface area contributed by atoms with Crippen LogP contribution >= 0.6 is 0 Å². The molecule has 1 aliphatic heterocycles. The maximum absolute atomic E-state index is 12.0. The lowest BCUT2D eigenvalue weighted by Crippen LogP contribution is -2.21. The van der Waals surface area contributed by atoms with Crippen molar-refractivity contribution in [2.75, 3.05) is 18.7 Å². The number of anilines is 1. The first-order valence-corrected chi connectivity index (χ1v) is 7.67. The van der Waals surface area contributed by atoms with Crippen molar-refractivity contribution in [3.63, 3.8) is 0 Å². The van der Waals surface area contributed by atoms with Crippen molar-refractivity contribution >= 4 is 11.6 Å². The molecule has 23 heavy (non-hydrogen) atoms. The summed E-state index contributed by atoms with van der Waals surface area (Å²) in [4.78, 5) is 12.0. The Kier molecular flexibility index (Phi) is 4.78. The van der Waals surface area contributed by atoms with E-state index in [0.29, 0.717) is 24.5 Å². The minimum Gasteiger partial charge on any atom is -0.454 e. The Balaban J connectivity index is 1.42. The third kappa shape index (κ3) is 4.02. The highest BCUT2D eigenvalue weighted by atomic mass is 16.7. The second-order valence-electron chi connectivity index (χ2n) is 5.47. The van der Waals surface area contributed by atoms with Crippen LogP contribution in [-0.2, 0) is 11.3 Å². The summed E-state index contributed by atoms with van der Waals surface area (Å²) < 4.78 is 10.5. The van der Waals surface area contributed by atoms with E-state index in [1.807, 2.05) is 18.2 Å². The van der Waals surface area contributed by atoms with E-state index in [2.05, 4.69) is 29.7 Å². The van der Waals surface area contributed by atoms with Crippen molar-refractivity contribution < 1.29 is 14.3 Å². The fourth-order valence-corrected chi connectivity index (χ4v) is 2.43. The topological polar surface area (TPSA) is 59.6 Å². The van der Waals surface area contributed by atoms with Gasteiger partial charge in [0.25, 0.3) is 0 Å². The Labute approximate surface area is 135 Å². The summed E-state index contributed by atoms with van der Waals surface area (Å²) in [5.41, 5.74) is 3.23. The zero-order valence-electron chi connectivity index (χ0n) is 13.1. The molecule has 0 unspecified atom stereocenters. The highest BCUT2D eigenvalue weighted by molar-refractivity contribution is 5.91. The van der Waals surface area contributed by atoms with E-state index in [9.17, 15) is 4.79 Å². The lowest BCUT2D eigenvalue weighted by molar-refractivity contribution is -0.116. The number of nitrogens with one attached hydrogen (secondary N) is 2. The second kappa shape index (κ2) is 7.15. The molecule has 0 aromatic heterocycles. The highest BCUT2D eigenvalue weighted by Gasteiger charge is 2.13. The monoisotopic (exact) mass is 312 g/mol. The van der Waals surface area contributed by atoms with Gasteiger partial charge in [-0.25, -0.2) is 0 Å². The van der Waals surface area contributed by atoms with Crippen LogP contribution in [0.3, 0.4) is 0 Å². The first kappa shape index (κ1) is 15.4. The Morgan fingerprint density at radius 1 is 1.13 bits per heavy atom. The van der Waals surface area contributed by atoms with Crippen LogP contribution in [0.2, 0.25) is 0 Å². The van der Waals surface area contributed by atoms with Crippen molar-refractivity contribution in [2.45, 2.75) is 19.9 Å². The number of fused-ring (bicyclic) bond motifs is 1. The van der Waals surface area contributed by atoms with Crippen LogP contribution in [0.25, 0.3) is 0 Å². The molecule has 5 heteroatoms. The third-order valence-electron chi connectivity index (χ3n) is 3.76. The fourth-order valence-electron chi connectivity index (χ4n) is 2.43. The number of benzene rings is 2. The summed E-state index contributed by atoms with van der Waals surface area (Å²) in [6.45, 7) is 3.72. The largest absolute Gasteiger partial charge is 0.454 e. The van der Waals surface area contributed by atoms with E-state index in [1.54, 1.807) is 12.1 Å². The molecule has 1 heterocycles. The van der Waals surface area contributed by atoms with Gasteiger partial charge in [0.2, 0.25) is 12.7 Å². The van der Waals surface area contributed by atoms with Gasteiger partial charge < -0.3 is 20.1 Å². The highest BCUT2D eigenvalue weighted by Crippen LogP contribution is 2.34. The zero-order valence-corrected chi connectivity index (χ0v) is 13.1. The van der Waals surface area contributed by atoms with Crippen molar-refractivity contribution in [3.8, 4) is 11.5 Å². The molecular formula is C18H20N2O3. The lowest BCUT2D eigenvalue weighted by atomic mass is 10.1. The standard InChI is InChI=1S/C18H20N2O3/c1-13-4-2-3-5-14(13)11-19-9-8-18(21)20-15-6-7-16-17(10-15)23-12-22-16/h2-7,10,19H,8-9,11-12H2,1H3,(H,20,21). The normalized spacial score (nSPS) is 12.2. The number of amides is 1. The number of carbonyl (C=O) groups is 1. The average Bonchev–Trinajstić information content (AvgIpc) is 3.01. The number of carbonyl (C=O) groups excluding carboxylic acids is 1. The van der Waals surface area contributed by atoms with Crippen LogP contribution in [0.15, 0.2) is 42.5 Å². The molecule has 0 saturated heterocycles. The Morgan fingerprint density at radius 2 is 1.96 bits per heavy atom. The van der Waals surface area contributed by atoms with Gasteiger partial charge in [0.1, 0.15) is 0 Å². The minimum atomic E-state index is -0.0267. The van der Waals surface area contributed by atoms with Gasteiger partial charge in [0.05, 0.1) is 0 Å². The van der Waals surface area contributed by atoms with E-state index in [-0.39, 0.29) is 12.7 Å². The number of aryl methyl sites for hydroxylation is 1. The quantitative estimate of drug-likeness (QED) is 0.805. The first-order chi connectivity index (χ1) is 11.2. The van der Waals surface area contributed by atoms with Crippen LogP contribution in [-0.4, -0.2) is 19.2 Å². The molecule has 0 bridgehead atoms. The molecule has 0 fully saturated rings. The van der Waals surface area contributed by atoms with Gasteiger partial charge in [0.15, 0.2) is 11.5 Å². The van der Waals surface area contributed by atoms with Crippen LogP contribution in [0.4, 0.5) is 5.69 Å². The number of rotatable bonds is 6. The second-order valence-corrected chi connectivity index (χ2v) is 5.47. The maximum Gasteiger partial charge on any atom is 0.231 e. The number of ether oxygens (including phenoxy) is 2. The molecule has 0 atom stereocenters. The van der Waals surface area contributed by atoms with Crippen molar-refractivity contribution in [2.24, 2.45) is 0 Å². The predicted octanol–water partition coefficient (Wildman–Crippen LogP) is 2.84. The molecule has 1 amide bonds. The first-order valence-electron chi connectivity index (χ1n) is 7.67. The molecule has 0 aliphatic carbocycles.